The van der Waals surface area contributed by atoms with Gasteiger partial charge in [0.15, 0.2) is 0 Å². The van der Waals surface area contributed by atoms with Crippen molar-refractivity contribution in [1.82, 2.24) is 4.98 Å². The molecule has 0 unspecified atom stereocenters. The van der Waals surface area contributed by atoms with Gasteiger partial charge in [0.05, 0.1) is 0 Å². The summed E-state index contributed by atoms with van der Waals surface area (Å²) in [6.45, 7) is 4.28. The highest BCUT2D eigenvalue weighted by Crippen LogP contribution is 2.17. The zero-order valence-corrected chi connectivity index (χ0v) is 7.96. The van der Waals surface area contributed by atoms with Gasteiger partial charge in [-0.2, -0.15) is 0 Å². The largest absolute Gasteiger partial charge is 0.383 e. The Morgan fingerprint density at radius 1 is 1.23 bits per heavy atom. The van der Waals surface area contributed by atoms with Crippen molar-refractivity contribution in [2.24, 2.45) is 0 Å². The Balaban J connectivity index is 2.37. The summed E-state index contributed by atoms with van der Waals surface area (Å²) in [5.74, 6) is 0. The van der Waals surface area contributed by atoms with Gasteiger partial charge in [-0.05, 0) is 37.4 Å². The van der Waals surface area contributed by atoms with Crippen LogP contribution in [0.1, 0.15) is 13.8 Å². The molecule has 2 nitrogen and oxygen atoms in total. The maximum atomic E-state index is 3.37. The third-order valence-electron chi connectivity index (χ3n) is 2.01. The first-order valence-corrected chi connectivity index (χ1v) is 4.59. The molecule has 1 heterocycles. The van der Waals surface area contributed by atoms with E-state index in [9.17, 15) is 0 Å². The van der Waals surface area contributed by atoms with Gasteiger partial charge in [0.1, 0.15) is 0 Å². The van der Waals surface area contributed by atoms with Gasteiger partial charge < -0.3 is 10.3 Å². The summed E-state index contributed by atoms with van der Waals surface area (Å²) in [6.07, 6.45) is 1.96. The zero-order chi connectivity index (χ0) is 9.26. The number of hydrogen-bond donors (Lipinski definition) is 2. The molecule has 0 saturated carbocycles. The number of rotatable bonds is 2. The highest BCUT2D eigenvalue weighted by molar-refractivity contribution is 5.82. The molecular formula is C11H14N2. The molecule has 2 heteroatoms. The quantitative estimate of drug-likeness (QED) is 0.719. The second-order valence-electron chi connectivity index (χ2n) is 3.58. The van der Waals surface area contributed by atoms with Crippen LogP contribution in [0.4, 0.5) is 5.69 Å². The van der Waals surface area contributed by atoms with Crippen LogP contribution < -0.4 is 5.32 Å². The molecule has 0 aliphatic rings. The van der Waals surface area contributed by atoms with Crippen molar-refractivity contribution in [2.45, 2.75) is 19.9 Å². The molecule has 0 radical (unpaired) electrons. The van der Waals surface area contributed by atoms with E-state index in [-0.39, 0.29) is 0 Å². The van der Waals surface area contributed by atoms with Gasteiger partial charge in [-0.1, -0.05) is 6.07 Å². The second-order valence-corrected chi connectivity index (χ2v) is 3.58. The molecule has 2 rings (SSSR count). The molecule has 1 aromatic carbocycles. The van der Waals surface area contributed by atoms with E-state index in [4.69, 9.17) is 0 Å². The van der Waals surface area contributed by atoms with Gasteiger partial charge in [0.2, 0.25) is 0 Å². The first kappa shape index (κ1) is 8.17. The highest BCUT2D eigenvalue weighted by atomic mass is 14.9. The Kier molecular flexibility index (Phi) is 1.97. The van der Waals surface area contributed by atoms with Crippen LogP contribution in [0, 0.1) is 0 Å². The Labute approximate surface area is 78.0 Å². The highest BCUT2D eigenvalue weighted by Gasteiger charge is 1.97. The molecule has 0 spiro atoms. The van der Waals surface area contributed by atoms with Crippen LogP contribution in [0.5, 0.6) is 0 Å². The fraction of sp³-hybridized carbons (Fsp3) is 0.273. The number of aromatic amines is 1. The average molecular weight is 174 g/mol. The fourth-order valence-electron chi connectivity index (χ4n) is 1.47. The number of benzene rings is 1. The summed E-state index contributed by atoms with van der Waals surface area (Å²) in [4.78, 5) is 3.19. The van der Waals surface area contributed by atoms with E-state index in [1.54, 1.807) is 0 Å². The lowest BCUT2D eigenvalue weighted by atomic mass is 10.2. The molecule has 2 N–H and O–H groups in total. The van der Waals surface area contributed by atoms with Crippen molar-refractivity contribution < 1.29 is 0 Å². The monoisotopic (exact) mass is 174 g/mol. The standard InChI is InChI=1S/C11H14N2/c1-8(2)13-10-4-3-9-5-6-12-11(9)7-10/h3-8,12-13H,1-2H3. The summed E-state index contributed by atoms with van der Waals surface area (Å²) in [6, 6.07) is 8.92. The number of anilines is 1. The van der Waals surface area contributed by atoms with Crippen LogP contribution >= 0.6 is 0 Å². The molecule has 13 heavy (non-hydrogen) atoms. The molecular weight excluding hydrogens is 160 g/mol. The Hall–Kier alpha value is -1.44. The minimum atomic E-state index is 0.479. The summed E-state index contributed by atoms with van der Waals surface area (Å²) in [7, 11) is 0. The van der Waals surface area contributed by atoms with Crippen molar-refractivity contribution in [2.75, 3.05) is 5.32 Å². The van der Waals surface area contributed by atoms with E-state index in [0.29, 0.717) is 6.04 Å². The van der Waals surface area contributed by atoms with Crippen LogP contribution in [0.2, 0.25) is 0 Å². The minimum Gasteiger partial charge on any atom is -0.383 e. The SMILES string of the molecule is CC(C)Nc1ccc2cc[nH]c2c1. The Morgan fingerprint density at radius 2 is 2.08 bits per heavy atom. The summed E-state index contributed by atoms with van der Waals surface area (Å²) < 4.78 is 0. The third-order valence-corrected chi connectivity index (χ3v) is 2.01. The van der Waals surface area contributed by atoms with Crippen molar-refractivity contribution in [3.8, 4) is 0 Å². The van der Waals surface area contributed by atoms with Crippen LogP contribution in [-0.4, -0.2) is 11.0 Å². The van der Waals surface area contributed by atoms with Crippen LogP contribution in [0.25, 0.3) is 10.9 Å². The van der Waals surface area contributed by atoms with Crippen LogP contribution in [0.3, 0.4) is 0 Å². The van der Waals surface area contributed by atoms with Crippen molar-refractivity contribution in [3.63, 3.8) is 0 Å². The number of fused-ring (bicyclic) bond motifs is 1. The lowest BCUT2D eigenvalue weighted by Gasteiger charge is -2.09. The predicted molar refractivity (Wildman–Crippen MR) is 57.1 cm³/mol. The summed E-state index contributed by atoms with van der Waals surface area (Å²) >= 11 is 0. The van der Waals surface area contributed by atoms with Crippen LogP contribution in [-0.2, 0) is 0 Å². The lowest BCUT2D eigenvalue weighted by molar-refractivity contribution is 0.900. The number of H-pyrrole nitrogens is 1. The molecule has 0 bridgehead atoms. The molecule has 2 aromatic rings. The van der Waals surface area contributed by atoms with Crippen molar-refractivity contribution in [3.05, 3.63) is 30.5 Å². The zero-order valence-electron chi connectivity index (χ0n) is 7.96. The summed E-state index contributed by atoms with van der Waals surface area (Å²) in [5, 5.41) is 4.63. The van der Waals surface area contributed by atoms with Gasteiger partial charge in [-0.3, -0.25) is 0 Å². The first-order valence-electron chi connectivity index (χ1n) is 4.59. The smallest absolute Gasteiger partial charge is 0.0474 e. The van der Waals surface area contributed by atoms with E-state index >= 15 is 0 Å². The van der Waals surface area contributed by atoms with E-state index in [2.05, 4.69) is 48.4 Å². The average Bonchev–Trinajstić information content (AvgIpc) is 2.49. The fourth-order valence-corrected chi connectivity index (χ4v) is 1.47. The van der Waals surface area contributed by atoms with E-state index in [1.807, 2.05) is 6.20 Å². The molecule has 0 fully saturated rings. The maximum absolute atomic E-state index is 3.37. The molecule has 0 atom stereocenters. The van der Waals surface area contributed by atoms with E-state index in [0.717, 1.165) is 0 Å². The predicted octanol–water partition coefficient (Wildman–Crippen LogP) is 2.99. The minimum absolute atomic E-state index is 0.479. The third kappa shape index (κ3) is 1.66. The second kappa shape index (κ2) is 3.13. The maximum Gasteiger partial charge on any atom is 0.0474 e. The number of aromatic nitrogens is 1. The molecule has 0 saturated heterocycles. The first-order chi connectivity index (χ1) is 6.25. The van der Waals surface area contributed by atoms with Gasteiger partial charge >= 0.3 is 0 Å². The van der Waals surface area contributed by atoms with E-state index in [1.165, 1.54) is 16.6 Å². The molecule has 1 aromatic heterocycles. The van der Waals surface area contributed by atoms with Gasteiger partial charge in [-0.15, -0.1) is 0 Å². The molecule has 68 valence electrons. The van der Waals surface area contributed by atoms with Crippen molar-refractivity contribution in [1.29, 1.82) is 0 Å². The number of nitrogens with one attached hydrogen (secondary N) is 2. The van der Waals surface area contributed by atoms with Gasteiger partial charge in [0, 0.05) is 23.4 Å². The topological polar surface area (TPSA) is 27.8 Å². The van der Waals surface area contributed by atoms with Crippen molar-refractivity contribution >= 4 is 16.6 Å². The van der Waals surface area contributed by atoms with Crippen LogP contribution in [0.15, 0.2) is 30.5 Å². The molecule has 0 aliphatic heterocycles. The normalized spacial score (nSPS) is 11.0. The number of hydrogen-bond acceptors (Lipinski definition) is 1. The molecule has 0 aliphatic carbocycles. The summed E-state index contributed by atoms with van der Waals surface area (Å²) in [5.41, 5.74) is 2.36. The molecule has 0 amide bonds. The lowest BCUT2D eigenvalue weighted by Crippen LogP contribution is -2.09. The van der Waals surface area contributed by atoms with E-state index < -0.39 is 0 Å². The van der Waals surface area contributed by atoms with Gasteiger partial charge in [0.25, 0.3) is 0 Å². The Bertz CT molecular complexity index is 401. The van der Waals surface area contributed by atoms with Gasteiger partial charge in [-0.25, -0.2) is 0 Å². The Morgan fingerprint density at radius 3 is 2.85 bits per heavy atom.